The first-order chi connectivity index (χ1) is 20.4. The highest BCUT2D eigenvalue weighted by Crippen LogP contribution is 2.29. The molecular weight excluding hydrogens is 579 g/mol. The van der Waals surface area contributed by atoms with Crippen LogP contribution in [0.2, 0.25) is 0 Å². The number of thiol groups is 1. The number of fused-ring (bicyclic) bond motifs is 1. The number of Topliss-reactive ketones (excluding diaryl/α,β-unsaturated/α-hetero) is 1. The molecule has 1 N–H and O–H groups in total. The second-order valence-electron chi connectivity index (χ2n) is 11.7. The molecule has 1 heterocycles. The summed E-state index contributed by atoms with van der Waals surface area (Å²) < 4.78 is 29.8. The molecule has 0 radical (unpaired) electrons. The van der Waals surface area contributed by atoms with Crippen LogP contribution in [0.1, 0.15) is 74.3 Å². The lowest BCUT2D eigenvalue weighted by molar-refractivity contribution is -0.117. The number of sulfonamides is 1. The lowest BCUT2D eigenvalue weighted by Crippen LogP contribution is -2.28. The van der Waals surface area contributed by atoms with Crippen LogP contribution in [0.4, 0.5) is 0 Å². The number of carbonyl (C=O) groups excluding carboxylic acids is 2. The van der Waals surface area contributed by atoms with E-state index in [2.05, 4.69) is 42.7 Å². The minimum atomic E-state index is -4.00. The molecule has 0 spiro atoms. The first kappa shape index (κ1) is 32.5. The minimum Gasteiger partial charge on any atom is -0.323 e. The maximum atomic E-state index is 13.4. The van der Waals surface area contributed by atoms with E-state index >= 15 is 0 Å². The molecule has 0 saturated heterocycles. The van der Waals surface area contributed by atoms with Crippen molar-refractivity contribution in [2.45, 2.75) is 71.7 Å². The zero-order valence-corrected chi connectivity index (χ0v) is 27.3. The van der Waals surface area contributed by atoms with E-state index in [4.69, 9.17) is 4.98 Å². The number of ketones is 1. The van der Waals surface area contributed by atoms with Crippen molar-refractivity contribution in [2.24, 2.45) is 11.8 Å². The smallest absolute Gasteiger partial charge is 0.264 e. The number of aryl methyl sites for hydroxylation is 2. The third kappa shape index (κ3) is 7.75. The Bertz CT molecular complexity index is 1720. The Kier molecular flexibility index (Phi) is 10.5. The first-order valence-electron chi connectivity index (χ1n) is 14.8. The molecule has 228 valence electrons. The molecule has 0 unspecified atom stereocenters. The molecule has 0 aliphatic carbocycles. The topological polar surface area (TPSA) is 98.1 Å². The van der Waals surface area contributed by atoms with Gasteiger partial charge in [0.25, 0.3) is 10.0 Å². The third-order valence-corrected chi connectivity index (χ3v) is 9.52. The largest absolute Gasteiger partial charge is 0.323 e. The van der Waals surface area contributed by atoms with Crippen LogP contribution in [0.5, 0.6) is 0 Å². The summed E-state index contributed by atoms with van der Waals surface area (Å²) in [6.45, 7) is 10.2. The molecule has 3 aromatic carbocycles. The average molecular weight is 620 g/mol. The Balaban J connectivity index is 1.68. The van der Waals surface area contributed by atoms with Gasteiger partial charge in [0, 0.05) is 37.4 Å². The number of aromatic nitrogens is 2. The van der Waals surface area contributed by atoms with E-state index in [1.807, 2.05) is 43.3 Å². The maximum absolute atomic E-state index is 13.4. The highest BCUT2D eigenvalue weighted by Gasteiger charge is 2.21. The molecule has 1 aromatic heterocycles. The van der Waals surface area contributed by atoms with Gasteiger partial charge in [0.2, 0.25) is 5.91 Å². The number of imidazole rings is 1. The van der Waals surface area contributed by atoms with Crippen LogP contribution >= 0.6 is 12.6 Å². The molecule has 43 heavy (non-hydrogen) atoms. The summed E-state index contributed by atoms with van der Waals surface area (Å²) in [5.74, 6) is 1.89. The van der Waals surface area contributed by atoms with Crippen molar-refractivity contribution in [1.82, 2.24) is 14.3 Å². The fourth-order valence-corrected chi connectivity index (χ4v) is 7.12. The van der Waals surface area contributed by atoms with Gasteiger partial charge >= 0.3 is 0 Å². The van der Waals surface area contributed by atoms with Crippen molar-refractivity contribution >= 4 is 45.4 Å². The molecule has 0 bridgehead atoms. The quantitative estimate of drug-likeness (QED) is 0.124. The molecule has 9 heteroatoms. The lowest BCUT2D eigenvalue weighted by atomic mass is 9.91. The molecule has 0 aliphatic heterocycles. The van der Waals surface area contributed by atoms with E-state index in [0.29, 0.717) is 35.8 Å². The predicted octanol–water partition coefficient (Wildman–Crippen LogP) is 7.00. The number of nitrogens with one attached hydrogen (secondary N) is 1. The Hall–Kier alpha value is -3.43. The number of amides is 1. The molecule has 4 rings (SSSR count). The summed E-state index contributed by atoms with van der Waals surface area (Å²) in [6, 6.07) is 18.3. The van der Waals surface area contributed by atoms with Gasteiger partial charge in [-0.15, -0.1) is 0 Å². The van der Waals surface area contributed by atoms with Gasteiger partial charge in [0.1, 0.15) is 5.82 Å². The predicted molar refractivity (Wildman–Crippen MR) is 176 cm³/mol. The zero-order valence-electron chi connectivity index (χ0n) is 25.6. The van der Waals surface area contributed by atoms with E-state index in [0.717, 1.165) is 52.8 Å². The van der Waals surface area contributed by atoms with Gasteiger partial charge in [-0.3, -0.25) is 9.59 Å². The van der Waals surface area contributed by atoms with Crippen LogP contribution in [0.15, 0.2) is 65.6 Å². The first-order valence-corrected chi connectivity index (χ1v) is 16.9. The SMILES string of the molecule is CCCc1nc2c(C)cc(C(=O)C[C@@H](CS)CC(C)C)cc2n1Cc1ccc(-c2ccccc2S(=O)(=O)NC(C)=O)cc1. The molecule has 0 saturated carbocycles. The third-order valence-electron chi connectivity index (χ3n) is 7.52. The fourth-order valence-electron chi connectivity index (χ4n) is 5.62. The van der Waals surface area contributed by atoms with Gasteiger partial charge in [-0.25, -0.2) is 18.1 Å². The summed E-state index contributed by atoms with van der Waals surface area (Å²) in [5.41, 5.74) is 5.78. The van der Waals surface area contributed by atoms with Gasteiger partial charge in [-0.2, -0.15) is 12.6 Å². The molecule has 0 fully saturated rings. The normalized spacial score (nSPS) is 12.5. The van der Waals surface area contributed by atoms with Crippen molar-refractivity contribution in [3.63, 3.8) is 0 Å². The summed E-state index contributed by atoms with van der Waals surface area (Å²) >= 11 is 4.51. The molecule has 4 aromatic rings. The van der Waals surface area contributed by atoms with Gasteiger partial charge < -0.3 is 4.57 Å². The van der Waals surface area contributed by atoms with Crippen molar-refractivity contribution in [3.05, 3.63) is 83.2 Å². The Morgan fingerprint density at radius 1 is 1.05 bits per heavy atom. The van der Waals surface area contributed by atoms with E-state index < -0.39 is 15.9 Å². The zero-order chi connectivity index (χ0) is 31.3. The van der Waals surface area contributed by atoms with Crippen LogP contribution in [0.3, 0.4) is 0 Å². The van der Waals surface area contributed by atoms with Crippen LogP contribution in [-0.4, -0.2) is 35.4 Å². The number of nitrogens with zero attached hydrogens (tertiary/aromatic N) is 2. The van der Waals surface area contributed by atoms with E-state index in [-0.39, 0.29) is 16.6 Å². The average Bonchev–Trinajstić information content (AvgIpc) is 3.29. The van der Waals surface area contributed by atoms with E-state index in [1.54, 1.807) is 18.2 Å². The standard InChI is InChI=1S/C34H41N3O4S2/c1-6-9-33-35-34-23(4)17-28(31(39)18-26(21-42)16-22(2)3)19-30(34)37(33)20-25-12-14-27(15-13-25)29-10-7-8-11-32(29)43(40,41)36-24(5)38/h7-8,10-15,17,19,22,26,42H,6,9,16,18,20-21H2,1-5H3,(H,36,38)/t26-/m0/s1. The Labute approximate surface area is 260 Å². The fraction of sp³-hybridized carbons (Fsp3) is 0.382. The molecule has 1 atom stereocenters. The van der Waals surface area contributed by atoms with Crippen molar-refractivity contribution in [3.8, 4) is 11.1 Å². The van der Waals surface area contributed by atoms with Gasteiger partial charge in [0.15, 0.2) is 5.78 Å². The maximum Gasteiger partial charge on any atom is 0.264 e. The summed E-state index contributed by atoms with van der Waals surface area (Å²) in [6.07, 6.45) is 3.18. The van der Waals surface area contributed by atoms with Crippen molar-refractivity contribution in [1.29, 1.82) is 0 Å². The minimum absolute atomic E-state index is 0.0463. The van der Waals surface area contributed by atoms with Crippen molar-refractivity contribution < 1.29 is 18.0 Å². The monoisotopic (exact) mass is 619 g/mol. The van der Waals surface area contributed by atoms with Crippen LogP contribution < -0.4 is 4.72 Å². The number of hydrogen-bond donors (Lipinski definition) is 2. The van der Waals surface area contributed by atoms with Crippen molar-refractivity contribution in [2.75, 3.05) is 5.75 Å². The van der Waals surface area contributed by atoms with Gasteiger partial charge in [-0.05, 0) is 72.2 Å². The highest BCUT2D eigenvalue weighted by atomic mass is 32.2. The number of carbonyl (C=O) groups is 2. The van der Waals surface area contributed by atoms with Crippen LogP contribution in [-0.2, 0) is 27.8 Å². The molecule has 7 nitrogen and oxygen atoms in total. The number of rotatable bonds is 13. The van der Waals surface area contributed by atoms with E-state index in [9.17, 15) is 18.0 Å². The summed E-state index contributed by atoms with van der Waals surface area (Å²) in [5, 5.41) is 0. The summed E-state index contributed by atoms with van der Waals surface area (Å²) in [7, 11) is -4.00. The Morgan fingerprint density at radius 3 is 2.37 bits per heavy atom. The lowest BCUT2D eigenvalue weighted by Gasteiger charge is -2.16. The van der Waals surface area contributed by atoms with Crippen LogP contribution in [0, 0.1) is 18.8 Å². The second-order valence-corrected chi connectivity index (χ2v) is 13.7. The summed E-state index contributed by atoms with van der Waals surface area (Å²) in [4.78, 5) is 29.9. The molecular formula is C34H41N3O4S2. The second kappa shape index (κ2) is 13.9. The van der Waals surface area contributed by atoms with Gasteiger partial charge in [0.05, 0.1) is 15.9 Å². The Morgan fingerprint density at radius 2 is 1.74 bits per heavy atom. The molecule has 1 amide bonds. The number of hydrogen-bond acceptors (Lipinski definition) is 6. The molecule has 0 aliphatic rings. The number of benzene rings is 3. The van der Waals surface area contributed by atoms with E-state index in [1.165, 1.54) is 13.0 Å². The van der Waals surface area contributed by atoms with Gasteiger partial charge in [-0.1, -0.05) is 63.2 Å². The van der Waals surface area contributed by atoms with Crippen LogP contribution in [0.25, 0.3) is 22.2 Å². The highest BCUT2D eigenvalue weighted by molar-refractivity contribution is 7.90.